The normalized spacial score (nSPS) is 12.4. The Morgan fingerprint density at radius 1 is 1.54 bits per heavy atom. The lowest BCUT2D eigenvalue weighted by Gasteiger charge is -1.97. The predicted octanol–water partition coefficient (Wildman–Crippen LogP) is 2.12. The molecule has 0 rings (SSSR count). The molecule has 0 saturated heterocycles. The molecule has 1 N–H and O–H groups in total. The summed E-state index contributed by atoms with van der Waals surface area (Å²) in [4.78, 5) is 9.79. The minimum absolute atomic E-state index is 0.121. The van der Waals surface area contributed by atoms with Crippen LogP contribution in [0.15, 0.2) is 36.1 Å². The first kappa shape index (κ1) is 11.5. The molecule has 3 nitrogen and oxygen atoms in total. The maximum absolute atomic E-state index is 9.79. The second-order valence-corrected chi connectivity index (χ2v) is 2.53. The summed E-state index contributed by atoms with van der Waals surface area (Å²) in [7, 11) is 0. The van der Waals surface area contributed by atoms with Crippen LogP contribution in [0.25, 0.3) is 0 Å². The fraction of sp³-hybridized carbons (Fsp3) is 0.300. The fourth-order valence-corrected chi connectivity index (χ4v) is 0.647. The molecule has 0 aromatic carbocycles. The lowest BCUT2D eigenvalue weighted by molar-refractivity contribution is -0.128. The highest BCUT2D eigenvalue weighted by molar-refractivity contribution is 5.36. The van der Waals surface area contributed by atoms with Crippen molar-refractivity contribution in [1.82, 2.24) is 0 Å². The molecule has 0 aromatic rings. The first-order valence-corrected chi connectivity index (χ1v) is 3.94. The van der Waals surface area contributed by atoms with Gasteiger partial charge in [-0.1, -0.05) is 18.2 Å². The Morgan fingerprint density at radius 3 is 2.77 bits per heavy atom. The molecule has 0 saturated carbocycles. The Bertz CT molecular complexity index is 226. The molecule has 0 atom stereocenters. The molecule has 0 fully saturated rings. The van der Waals surface area contributed by atoms with Gasteiger partial charge in [-0.15, -0.1) is 0 Å². The smallest absolute Gasteiger partial charge is 0.293 e. The molecule has 3 heteroatoms. The number of rotatable bonds is 6. The van der Waals surface area contributed by atoms with Crippen LogP contribution in [0.4, 0.5) is 0 Å². The fourth-order valence-electron chi connectivity index (χ4n) is 0.647. The Labute approximate surface area is 78.0 Å². The van der Waals surface area contributed by atoms with E-state index in [0.717, 1.165) is 5.57 Å². The maximum atomic E-state index is 9.79. The van der Waals surface area contributed by atoms with Gasteiger partial charge in [-0.05, 0) is 19.1 Å². The number of hydrogen-bond donors (Lipinski definition) is 1. The van der Waals surface area contributed by atoms with Crippen LogP contribution in [0.3, 0.4) is 0 Å². The van der Waals surface area contributed by atoms with Gasteiger partial charge >= 0.3 is 0 Å². The zero-order valence-electron chi connectivity index (χ0n) is 7.69. The summed E-state index contributed by atoms with van der Waals surface area (Å²) >= 11 is 0. The van der Waals surface area contributed by atoms with E-state index in [2.05, 4.69) is 11.3 Å². The van der Waals surface area contributed by atoms with E-state index in [4.69, 9.17) is 5.11 Å². The van der Waals surface area contributed by atoms with E-state index >= 15 is 0 Å². The predicted molar refractivity (Wildman–Crippen MR) is 51.3 cm³/mol. The Kier molecular flexibility index (Phi) is 6.32. The second kappa shape index (κ2) is 7.16. The Morgan fingerprint density at radius 2 is 2.23 bits per heavy atom. The molecule has 72 valence electrons. The third kappa shape index (κ3) is 6.87. The molecule has 0 aliphatic rings. The molecule has 13 heavy (non-hydrogen) atoms. The average Bonchev–Trinajstić information content (AvgIpc) is 2.14. The van der Waals surface area contributed by atoms with E-state index < -0.39 is 0 Å². The summed E-state index contributed by atoms with van der Waals surface area (Å²) in [5.74, 6) is 0.121. The summed E-state index contributed by atoms with van der Waals surface area (Å²) in [6, 6.07) is 0. The first-order valence-electron chi connectivity index (χ1n) is 3.94. The number of aliphatic hydroxyl groups excluding tert-OH is 1. The van der Waals surface area contributed by atoms with Gasteiger partial charge in [-0.25, -0.2) is 0 Å². The average molecular weight is 182 g/mol. The van der Waals surface area contributed by atoms with E-state index in [9.17, 15) is 4.79 Å². The van der Waals surface area contributed by atoms with E-state index in [1.807, 2.05) is 6.92 Å². The summed E-state index contributed by atoms with van der Waals surface area (Å²) < 4.78 is 4.51. The van der Waals surface area contributed by atoms with Crippen molar-refractivity contribution in [2.75, 3.05) is 6.61 Å². The van der Waals surface area contributed by atoms with Crippen molar-refractivity contribution in [3.8, 4) is 0 Å². The number of carbonyl (C=O) groups excluding carboxylic acids is 1. The monoisotopic (exact) mass is 182 g/mol. The van der Waals surface area contributed by atoms with Gasteiger partial charge in [0.25, 0.3) is 6.47 Å². The lowest BCUT2D eigenvalue weighted by atomic mass is 10.2. The molecule has 0 bridgehead atoms. The largest absolute Gasteiger partial charge is 0.508 e. The number of aliphatic hydroxyl groups is 1. The van der Waals surface area contributed by atoms with Crippen LogP contribution >= 0.6 is 0 Å². The van der Waals surface area contributed by atoms with Crippen molar-refractivity contribution in [2.45, 2.75) is 13.3 Å². The van der Waals surface area contributed by atoms with Crippen molar-refractivity contribution < 1.29 is 14.6 Å². The molecule has 0 unspecified atom stereocenters. The molecule has 0 aliphatic carbocycles. The van der Waals surface area contributed by atoms with Crippen LogP contribution in [-0.4, -0.2) is 18.2 Å². The molecule has 0 radical (unpaired) electrons. The van der Waals surface area contributed by atoms with Gasteiger partial charge in [0, 0.05) is 6.42 Å². The summed E-state index contributed by atoms with van der Waals surface area (Å²) in [6.07, 6.45) is 5.32. The molecule has 0 aliphatic heterocycles. The molecular formula is C10H14O3. The van der Waals surface area contributed by atoms with Crippen molar-refractivity contribution >= 4 is 6.47 Å². The number of allylic oxidation sites excluding steroid dienone is 3. The second-order valence-electron chi connectivity index (χ2n) is 2.53. The number of carbonyl (C=O) groups is 1. The standard InChI is InChI=1S/C10H14O3/c1-3-10(12)5-4-9(2)6-7-13-8-11/h3-5,8,12H,1,6-7H2,2H3/b9-4+,10-5+. The van der Waals surface area contributed by atoms with Crippen molar-refractivity contribution in [1.29, 1.82) is 0 Å². The third-order valence-corrected chi connectivity index (χ3v) is 1.43. The van der Waals surface area contributed by atoms with Crippen LogP contribution in [0.1, 0.15) is 13.3 Å². The topological polar surface area (TPSA) is 46.5 Å². The minimum Gasteiger partial charge on any atom is -0.508 e. The zero-order valence-corrected chi connectivity index (χ0v) is 7.69. The highest BCUT2D eigenvalue weighted by Crippen LogP contribution is 2.01. The van der Waals surface area contributed by atoms with Gasteiger partial charge in [-0.2, -0.15) is 0 Å². The van der Waals surface area contributed by atoms with Gasteiger partial charge in [0.1, 0.15) is 5.76 Å². The van der Waals surface area contributed by atoms with Crippen LogP contribution in [-0.2, 0) is 9.53 Å². The molecule has 0 spiro atoms. The Balaban J connectivity index is 3.87. The number of ether oxygens (including phenoxy) is 1. The summed E-state index contributed by atoms with van der Waals surface area (Å²) in [5.41, 5.74) is 1.02. The van der Waals surface area contributed by atoms with Crippen molar-refractivity contribution in [3.05, 3.63) is 36.1 Å². The maximum Gasteiger partial charge on any atom is 0.293 e. The van der Waals surface area contributed by atoms with Crippen LogP contribution in [0.5, 0.6) is 0 Å². The SMILES string of the molecule is C=C/C(O)=C\C=C(/C)CCOC=O. The number of hydrogen-bond acceptors (Lipinski definition) is 3. The van der Waals surface area contributed by atoms with Crippen LogP contribution in [0.2, 0.25) is 0 Å². The van der Waals surface area contributed by atoms with Gasteiger partial charge in [0.05, 0.1) is 6.61 Å². The molecule has 0 aromatic heterocycles. The molecule has 0 heterocycles. The van der Waals surface area contributed by atoms with E-state index in [1.165, 1.54) is 6.08 Å². The van der Waals surface area contributed by atoms with Crippen LogP contribution < -0.4 is 0 Å². The highest BCUT2D eigenvalue weighted by Gasteiger charge is 1.89. The van der Waals surface area contributed by atoms with Crippen molar-refractivity contribution in [3.63, 3.8) is 0 Å². The van der Waals surface area contributed by atoms with E-state index in [1.54, 1.807) is 12.2 Å². The van der Waals surface area contributed by atoms with Gasteiger partial charge in [0.15, 0.2) is 0 Å². The molecule has 0 amide bonds. The van der Waals surface area contributed by atoms with E-state index in [0.29, 0.717) is 19.5 Å². The van der Waals surface area contributed by atoms with Crippen molar-refractivity contribution in [2.24, 2.45) is 0 Å². The lowest BCUT2D eigenvalue weighted by Crippen LogP contribution is -1.91. The quantitative estimate of drug-likeness (QED) is 0.296. The van der Waals surface area contributed by atoms with Crippen LogP contribution in [0, 0.1) is 0 Å². The molecular weight excluding hydrogens is 168 g/mol. The first-order chi connectivity index (χ1) is 6.20. The minimum atomic E-state index is 0.121. The zero-order chi connectivity index (χ0) is 10.1. The summed E-state index contributed by atoms with van der Waals surface area (Å²) in [6.45, 7) is 6.08. The van der Waals surface area contributed by atoms with Gasteiger partial charge in [-0.3, -0.25) is 4.79 Å². The van der Waals surface area contributed by atoms with Gasteiger partial charge in [0.2, 0.25) is 0 Å². The Hall–Kier alpha value is -1.51. The third-order valence-electron chi connectivity index (χ3n) is 1.43. The van der Waals surface area contributed by atoms with E-state index in [-0.39, 0.29) is 5.76 Å². The van der Waals surface area contributed by atoms with Gasteiger partial charge < -0.3 is 9.84 Å². The highest BCUT2D eigenvalue weighted by atomic mass is 16.5. The summed E-state index contributed by atoms with van der Waals surface area (Å²) in [5, 5.41) is 8.99.